The van der Waals surface area contributed by atoms with Gasteiger partial charge in [-0.25, -0.2) is 0 Å². The summed E-state index contributed by atoms with van der Waals surface area (Å²) >= 11 is 0. The van der Waals surface area contributed by atoms with Gasteiger partial charge in [0.05, 0.1) is 0 Å². The first-order chi connectivity index (χ1) is 9.60. The van der Waals surface area contributed by atoms with Gasteiger partial charge in [0.1, 0.15) is 6.04 Å². The van der Waals surface area contributed by atoms with E-state index in [0.717, 1.165) is 51.6 Å². The second-order valence-corrected chi connectivity index (χ2v) is 5.86. The molecular formula is C16H30N2O2. The van der Waals surface area contributed by atoms with Gasteiger partial charge in [-0.05, 0) is 39.0 Å². The number of carbonyl (C=O) groups excluding carboxylic acids is 2. The molecule has 116 valence electrons. The maximum atomic E-state index is 12.3. The van der Waals surface area contributed by atoms with Crippen molar-refractivity contribution < 1.29 is 9.59 Å². The molecule has 1 saturated heterocycles. The summed E-state index contributed by atoms with van der Waals surface area (Å²) in [6, 6.07) is -0.392. The molecule has 1 heterocycles. The molecule has 0 aromatic carbocycles. The third-order valence-corrected chi connectivity index (χ3v) is 4.17. The Morgan fingerprint density at radius 3 is 2.35 bits per heavy atom. The first kappa shape index (κ1) is 17.0. The molecule has 0 aromatic heterocycles. The summed E-state index contributed by atoms with van der Waals surface area (Å²) in [5, 5.41) is 2.91. The zero-order valence-electron chi connectivity index (χ0n) is 13.3. The van der Waals surface area contributed by atoms with Crippen LogP contribution in [-0.4, -0.2) is 35.8 Å². The van der Waals surface area contributed by atoms with Crippen molar-refractivity contribution in [2.75, 3.05) is 13.1 Å². The lowest BCUT2D eigenvalue weighted by Crippen LogP contribution is -2.49. The molecule has 2 atom stereocenters. The van der Waals surface area contributed by atoms with Gasteiger partial charge in [0.2, 0.25) is 11.8 Å². The van der Waals surface area contributed by atoms with Crippen LogP contribution in [0, 0.1) is 5.92 Å². The number of piperidine rings is 1. The number of rotatable bonds is 7. The SMILES string of the molecule is CCCCC(CC)C(=O)NC(C)C(=O)N1CCCCC1. The fourth-order valence-corrected chi connectivity index (χ4v) is 2.75. The molecule has 0 saturated carbocycles. The summed E-state index contributed by atoms with van der Waals surface area (Å²) in [5.41, 5.74) is 0. The Morgan fingerprint density at radius 2 is 1.80 bits per heavy atom. The minimum absolute atomic E-state index is 0.0406. The van der Waals surface area contributed by atoms with Crippen LogP contribution < -0.4 is 5.32 Å². The number of carbonyl (C=O) groups is 2. The van der Waals surface area contributed by atoms with Crippen LogP contribution in [0.25, 0.3) is 0 Å². The third kappa shape index (κ3) is 5.14. The van der Waals surface area contributed by atoms with Gasteiger partial charge in [0.15, 0.2) is 0 Å². The lowest BCUT2D eigenvalue weighted by Gasteiger charge is -2.30. The third-order valence-electron chi connectivity index (χ3n) is 4.17. The molecule has 1 N–H and O–H groups in total. The standard InChI is InChI=1S/C16H30N2O2/c1-4-6-10-14(5-2)15(19)17-13(3)16(20)18-11-8-7-9-12-18/h13-14H,4-12H2,1-3H3,(H,17,19). The van der Waals surface area contributed by atoms with E-state index in [1.807, 2.05) is 11.8 Å². The lowest BCUT2D eigenvalue weighted by atomic mass is 9.98. The minimum atomic E-state index is -0.392. The van der Waals surface area contributed by atoms with Crippen LogP contribution >= 0.6 is 0 Å². The highest BCUT2D eigenvalue weighted by Crippen LogP contribution is 2.14. The van der Waals surface area contributed by atoms with Crippen LogP contribution in [0.2, 0.25) is 0 Å². The van der Waals surface area contributed by atoms with Gasteiger partial charge in [-0.15, -0.1) is 0 Å². The summed E-state index contributed by atoms with van der Waals surface area (Å²) in [6.07, 6.45) is 7.31. The van der Waals surface area contributed by atoms with Crippen molar-refractivity contribution in [3.05, 3.63) is 0 Å². The predicted molar refractivity (Wildman–Crippen MR) is 81.3 cm³/mol. The molecule has 1 rings (SSSR count). The summed E-state index contributed by atoms with van der Waals surface area (Å²) in [4.78, 5) is 26.4. The molecular weight excluding hydrogens is 252 g/mol. The number of hydrogen-bond donors (Lipinski definition) is 1. The first-order valence-electron chi connectivity index (χ1n) is 8.19. The Bertz CT molecular complexity index is 312. The molecule has 1 fully saturated rings. The summed E-state index contributed by atoms with van der Waals surface area (Å²) in [7, 11) is 0. The van der Waals surface area contributed by atoms with Crippen molar-refractivity contribution in [3.63, 3.8) is 0 Å². The highest BCUT2D eigenvalue weighted by atomic mass is 16.2. The van der Waals surface area contributed by atoms with Crippen molar-refractivity contribution in [1.29, 1.82) is 0 Å². The molecule has 0 bridgehead atoms. The van der Waals surface area contributed by atoms with Crippen molar-refractivity contribution in [2.45, 2.75) is 71.8 Å². The van der Waals surface area contributed by atoms with Gasteiger partial charge in [-0.1, -0.05) is 26.7 Å². The fraction of sp³-hybridized carbons (Fsp3) is 0.875. The van der Waals surface area contributed by atoms with Crippen molar-refractivity contribution in [1.82, 2.24) is 10.2 Å². The van der Waals surface area contributed by atoms with E-state index < -0.39 is 6.04 Å². The van der Waals surface area contributed by atoms with Gasteiger partial charge in [0.25, 0.3) is 0 Å². The molecule has 1 aliphatic rings. The van der Waals surface area contributed by atoms with Crippen molar-refractivity contribution >= 4 is 11.8 Å². The number of nitrogens with one attached hydrogen (secondary N) is 1. The quantitative estimate of drug-likeness (QED) is 0.780. The van der Waals surface area contributed by atoms with Crippen molar-refractivity contribution in [3.8, 4) is 0 Å². The predicted octanol–water partition coefficient (Wildman–Crippen LogP) is 2.72. The van der Waals surface area contributed by atoms with Crippen LogP contribution in [0.15, 0.2) is 0 Å². The van der Waals surface area contributed by atoms with Gasteiger partial charge < -0.3 is 10.2 Å². The van der Waals surface area contributed by atoms with Crippen LogP contribution in [0.3, 0.4) is 0 Å². The van der Waals surface area contributed by atoms with Gasteiger partial charge in [-0.2, -0.15) is 0 Å². The van der Waals surface area contributed by atoms with Gasteiger partial charge >= 0.3 is 0 Å². The molecule has 1 aliphatic heterocycles. The second kappa shape index (κ2) is 8.98. The average Bonchev–Trinajstić information content (AvgIpc) is 2.48. The fourth-order valence-electron chi connectivity index (χ4n) is 2.75. The number of hydrogen-bond acceptors (Lipinski definition) is 2. The number of nitrogens with zero attached hydrogens (tertiary/aromatic N) is 1. The van der Waals surface area contributed by atoms with E-state index in [2.05, 4.69) is 12.2 Å². The highest BCUT2D eigenvalue weighted by Gasteiger charge is 2.25. The van der Waals surface area contributed by atoms with Gasteiger partial charge in [-0.3, -0.25) is 9.59 Å². The smallest absolute Gasteiger partial charge is 0.244 e. The first-order valence-corrected chi connectivity index (χ1v) is 8.19. The largest absolute Gasteiger partial charge is 0.344 e. The molecule has 20 heavy (non-hydrogen) atoms. The van der Waals surface area contributed by atoms with Gasteiger partial charge in [0, 0.05) is 19.0 Å². The summed E-state index contributed by atoms with van der Waals surface area (Å²) < 4.78 is 0. The van der Waals surface area contributed by atoms with Crippen LogP contribution in [-0.2, 0) is 9.59 Å². The van der Waals surface area contributed by atoms with E-state index in [-0.39, 0.29) is 17.7 Å². The number of likely N-dealkylation sites (tertiary alicyclic amines) is 1. The minimum Gasteiger partial charge on any atom is -0.344 e. The van der Waals surface area contributed by atoms with Crippen LogP contribution in [0.4, 0.5) is 0 Å². The zero-order valence-corrected chi connectivity index (χ0v) is 13.3. The molecule has 2 amide bonds. The molecule has 4 heteroatoms. The monoisotopic (exact) mass is 282 g/mol. The molecule has 4 nitrogen and oxygen atoms in total. The Labute approximate surface area is 123 Å². The molecule has 0 radical (unpaired) electrons. The Morgan fingerprint density at radius 1 is 1.15 bits per heavy atom. The van der Waals surface area contributed by atoms with E-state index in [4.69, 9.17) is 0 Å². The molecule has 0 aromatic rings. The summed E-state index contributed by atoms with van der Waals surface area (Å²) in [5.74, 6) is 0.161. The lowest BCUT2D eigenvalue weighted by molar-refractivity contribution is -0.137. The highest BCUT2D eigenvalue weighted by molar-refractivity contribution is 5.88. The Balaban J connectivity index is 2.44. The zero-order chi connectivity index (χ0) is 15.0. The molecule has 0 spiro atoms. The average molecular weight is 282 g/mol. The van der Waals surface area contributed by atoms with E-state index in [9.17, 15) is 9.59 Å². The van der Waals surface area contributed by atoms with E-state index in [1.54, 1.807) is 6.92 Å². The van der Waals surface area contributed by atoms with E-state index >= 15 is 0 Å². The second-order valence-electron chi connectivity index (χ2n) is 5.86. The number of unbranched alkanes of at least 4 members (excludes halogenated alkanes) is 1. The normalized spacial score (nSPS) is 18.4. The maximum Gasteiger partial charge on any atom is 0.244 e. The number of amides is 2. The van der Waals surface area contributed by atoms with Crippen LogP contribution in [0.1, 0.15) is 65.7 Å². The Kier molecular flexibility index (Phi) is 7.63. The topological polar surface area (TPSA) is 49.4 Å². The van der Waals surface area contributed by atoms with Crippen LogP contribution in [0.5, 0.6) is 0 Å². The van der Waals surface area contributed by atoms with E-state index in [0.29, 0.717) is 0 Å². The van der Waals surface area contributed by atoms with E-state index in [1.165, 1.54) is 6.42 Å². The summed E-state index contributed by atoms with van der Waals surface area (Å²) in [6.45, 7) is 7.66. The molecule has 2 unspecified atom stereocenters. The maximum absolute atomic E-state index is 12.3. The molecule has 0 aliphatic carbocycles. The Hall–Kier alpha value is -1.06. The van der Waals surface area contributed by atoms with Crippen molar-refractivity contribution in [2.24, 2.45) is 5.92 Å².